The molecule has 0 aliphatic carbocycles. The van der Waals surface area contributed by atoms with Gasteiger partial charge in [0.25, 0.3) is 11.1 Å². The van der Waals surface area contributed by atoms with E-state index in [1.54, 1.807) is 6.08 Å². The van der Waals surface area contributed by atoms with Crippen molar-refractivity contribution < 1.29 is 14.3 Å². The summed E-state index contributed by atoms with van der Waals surface area (Å²) >= 11 is 0.981. The van der Waals surface area contributed by atoms with Crippen molar-refractivity contribution in [1.82, 2.24) is 4.90 Å². The molecule has 0 radical (unpaired) electrons. The molecular weight excluding hydrogens is 394 g/mol. The normalized spacial score (nSPS) is 15.1. The van der Waals surface area contributed by atoms with Gasteiger partial charge in [-0.25, -0.2) is 0 Å². The number of carbonyl (C=O) groups is 2. The Bertz CT molecular complexity index is 1090. The summed E-state index contributed by atoms with van der Waals surface area (Å²) in [5.74, 6) is 0.501. The average Bonchev–Trinajstić information content (AvgIpc) is 3.03. The van der Waals surface area contributed by atoms with Crippen molar-refractivity contribution in [1.29, 1.82) is 0 Å². The highest BCUT2D eigenvalue weighted by molar-refractivity contribution is 8.18. The number of rotatable bonds is 6. The minimum absolute atomic E-state index is 0.239. The number of nitrogens with zero attached hydrogens (tertiary/aromatic N) is 1. The highest BCUT2D eigenvalue weighted by Gasteiger charge is 2.35. The second-order valence-corrected chi connectivity index (χ2v) is 8.03. The SMILES string of the molecule is Cc1ccccc1CN1C(=O)S/C(=C\c2ccc(OCc3ccccc3)cc2)C1=O. The Morgan fingerprint density at radius 1 is 0.900 bits per heavy atom. The Labute approximate surface area is 180 Å². The largest absolute Gasteiger partial charge is 0.489 e. The topological polar surface area (TPSA) is 46.6 Å². The summed E-state index contributed by atoms with van der Waals surface area (Å²) in [4.78, 5) is 26.9. The first kappa shape index (κ1) is 20.0. The first-order chi connectivity index (χ1) is 14.6. The van der Waals surface area contributed by atoms with Crippen LogP contribution in [0.1, 0.15) is 22.3 Å². The summed E-state index contributed by atoms with van der Waals surface area (Å²) < 4.78 is 5.79. The fraction of sp³-hybridized carbons (Fsp3) is 0.120. The van der Waals surface area contributed by atoms with Gasteiger partial charge in [-0.15, -0.1) is 0 Å². The number of ether oxygens (including phenoxy) is 1. The number of benzene rings is 3. The monoisotopic (exact) mass is 415 g/mol. The van der Waals surface area contributed by atoms with Gasteiger partial charge in [0.15, 0.2) is 0 Å². The van der Waals surface area contributed by atoms with Crippen molar-refractivity contribution in [2.45, 2.75) is 20.1 Å². The predicted molar refractivity (Wildman–Crippen MR) is 120 cm³/mol. The number of carbonyl (C=O) groups excluding carboxylic acids is 2. The Morgan fingerprint density at radius 2 is 1.60 bits per heavy atom. The van der Waals surface area contributed by atoms with Gasteiger partial charge >= 0.3 is 0 Å². The van der Waals surface area contributed by atoms with Crippen molar-refractivity contribution in [2.75, 3.05) is 0 Å². The summed E-state index contributed by atoms with van der Waals surface area (Å²) in [6, 6.07) is 25.2. The van der Waals surface area contributed by atoms with E-state index in [4.69, 9.17) is 4.74 Å². The summed E-state index contributed by atoms with van der Waals surface area (Å²) in [6.07, 6.45) is 1.75. The van der Waals surface area contributed by atoms with Gasteiger partial charge in [-0.05, 0) is 59.1 Å². The molecule has 30 heavy (non-hydrogen) atoms. The third-order valence-corrected chi connectivity index (χ3v) is 5.80. The lowest BCUT2D eigenvalue weighted by Gasteiger charge is -2.14. The zero-order valence-corrected chi connectivity index (χ0v) is 17.4. The van der Waals surface area contributed by atoms with Crippen LogP contribution in [0.4, 0.5) is 4.79 Å². The molecular formula is C25H21NO3S. The molecule has 4 nitrogen and oxygen atoms in total. The van der Waals surface area contributed by atoms with Crippen molar-refractivity contribution in [3.63, 3.8) is 0 Å². The number of amides is 2. The molecule has 0 spiro atoms. The maximum atomic E-state index is 12.8. The molecule has 1 fully saturated rings. The fourth-order valence-electron chi connectivity index (χ4n) is 3.15. The molecule has 150 valence electrons. The minimum atomic E-state index is -0.252. The lowest BCUT2D eigenvalue weighted by atomic mass is 10.1. The highest BCUT2D eigenvalue weighted by Crippen LogP contribution is 2.33. The average molecular weight is 416 g/mol. The number of aryl methyl sites for hydroxylation is 1. The Hall–Kier alpha value is -3.31. The minimum Gasteiger partial charge on any atom is -0.489 e. The van der Waals surface area contributed by atoms with Crippen molar-refractivity contribution in [3.8, 4) is 5.75 Å². The molecule has 4 rings (SSSR count). The Balaban J connectivity index is 1.42. The number of imide groups is 1. The van der Waals surface area contributed by atoms with E-state index in [2.05, 4.69) is 0 Å². The van der Waals surface area contributed by atoms with Gasteiger partial charge in [-0.3, -0.25) is 14.5 Å². The first-order valence-corrected chi connectivity index (χ1v) is 10.5. The summed E-state index contributed by atoms with van der Waals surface area (Å²) in [5.41, 5.74) is 3.99. The van der Waals surface area contributed by atoms with Crippen molar-refractivity contribution in [3.05, 3.63) is 106 Å². The molecule has 3 aromatic rings. The molecule has 1 saturated heterocycles. The van der Waals surface area contributed by atoms with Gasteiger partial charge in [0.05, 0.1) is 11.4 Å². The van der Waals surface area contributed by atoms with E-state index in [-0.39, 0.29) is 11.1 Å². The van der Waals surface area contributed by atoms with Gasteiger partial charge in [0.1, 0.15) is 12.4 Å². The van der Waals surface area contributed by atoms with Crippen molar-refractivity contribution >= 4 is 29.0 Å². The molecule has 0 bridgehead atoms. The molecule has 1 heterocycles. The van der Waals surface area contributed by atoms with E-state index < -0.39 is 0 Å². The molecule has 3 aromatic carbocycles. The Morgan fingerprint density at radius 3 is 2.33 bits per heavy atom. The number of thioether (sulfide) groups is 1. The van der Waals surface area contributed by atoms with E-state index in [9.17, 15) is 9.59 Å². The van der Waals surface area contributed by atoms with E-state index in [0.717, 1.165) is 39.8 Å². The highest BCUT2D eigenvalue weighted by atomic mass is 32.2. The standard InChI is InChI=1S/C25H21NO3S/c1-18-7-5-6-10-21(18)16-26-24(27)23(30-25(26)28)15-19-11-13-22(14-12-19)29-17-20-8-3-2-4-9-20/h2-15H,16-17H2,1H3/b23-15-. The van der Waals surface area contributed by atoms with E-state index in [1.807, 2.05) is 85.8 Å². The molecule has 0 aromatic heterocycles. The van der Waals surface area contributed by atoms with Crippen LogP contribution in [0.25, 0.3) is 6.08 Å². The molecule has 1 aliphatic rings. The molecule has 5 heteroatoms. The van der Waals surface area contributed by atoms with Gasteiger partial charge in [0.2, 0.25) is 0 Å². The van der Waals surface area contributed by atoms with Crippen LogP contribution in [0.15, 0.2) is 83.8 Å². The van der Waals surface area contributed by atoms with Gasteiger partial charge < -0.3 is 4.74 Å². The molecule has 0 saturated carbocycles. The second kappa shape index (κ2) is 9.01. The second-order valence-electron chi connectivity index (χ2n) is 7.04. The van der Waals surface area contributed by atoms with Crippen LogP contribution in [0.2, 0.25) is 0 Å². The molecule has 1 aliphatic heterocycles. The molecule has 0 unspecified atom stereocenters. The van der Waals surface area contributed by atoms with Crippen LogP contribution < -0.4 is 4.74 Å². The van der Waals surface area contributed by atoms with Gasteiger partial charge in [0, 0.05) is 0 Å². The lowest BCUT2D eigenvalue weighted by molar-refractivity contribution is -0.123. The predicted octanol–water partition coefficient (Wildman–Crippen LogP) is 5.81. The maximum Gasteiger partial charge on any atom is 0.293 e. The van der Waals surface area contributed by atoms with E-state index in [1.165, 1.54) is 4.90 Å². The summed E-state index contributed by atoms with van der Waals surface area (Å²) in [6.45, 7) is 2.77. The number of hydrogen-bond donors (Lipinski definition) is 0. The molecule has 0 atom stereocenters. The fourth-order valence-corrected chi connectivity index (χ4v) is 3.98. The van der Waals surface area contributed by atoms with Crippen molar-refractivity contribution in [2.24, 2.45) is 0 Å². The van der Waals surface area contributed by atoms with Crippen LogP contribution >= 0.6 is 11.8 Å². The summed E-state index contributed by atoms with van der Waals surface area (Å²) in [5, 5.41) is -0.239. The van der Waals surface area contributed by atoms with Crippen LogP contribution in [-0.2, 0) is 17.9 Å². The zero-order chi connectivity index (χ0) is 20.9. The zero-order valence-electron chi connectivity index (χ0n) is 16.6. The van der Waals surface area contributed by atoms with Gasteiger partial charge in [-0.2, -0.15) is 0 Å². The summed E-state index contributed by atoms with van der Waals surface area (Å²) in [7, 11) is 0. The van der Waals surface area contributed by atoms with E-state index in [0.29, 0.717) is 18.1 Å². The van der Waals surface area contributed by atoms with E-state index >= 15 is 0 Å². The quantitative estimate of drug-likeness (QED) is 0.477. The van der Waals surface area contributed by atoms with Gasteiger partial charge in [-0.1, -0.05) is 66.7 Å². The maximum absolute atomic E-state index is 12.8. The first-order valence-electron chi connectivity index (χ1n) is 9.67. The van der Waals surface area contributed by atoms with Crippen LogP contribution in [0, 0.1) is 6.92 Å². The third kappa shape index (κ3) is 4.63. The van der Waals surface area contributed by atoms with Crippen LogP contribution in [-0.4, -0.2) is 16.0 Å². The van der Waals surface area contributed by atoms with Crippen LogP contribution in [0.3, 0.4) is 0 Å². The smallest absolute Gasteiger partial charge is 0.293 e. The molecule has 2 amide bonds. The Kier molecular flexibility index (Phi) is 6.00. The third-order valence-electron chi connectivity index (χ3n) is 4.89. The van der Waals surface area contributed by atoms with Crippen LogP contribution in [0.5, 0.6) is 5.75 Å². The lowest BCUT2D eigenvalue weighted by Crippen LogP contribution is -2.27. The molecule has 0 N–H and O–H groups in total. The number of hydrogen-bond acceptors (Lipinski definition) is 4.